The summed E-state index contributed by atoms with van der Waals surface area (Å²) in [4.78, 5) is 4.46. The molecule has 0 unspecified atom stereocenters. The van der Waals surface area contributed by atoms with Crippen LogP contribution in [0.4, 0.5) is 0 Å². The second-order valence-electron chi connectivity index (χ2n) is 5.67. The van der Waals surface area contributed by atoms with E-state index in [0.717, 1.165) is 12.2 Å². The topological polar surface area (TPSA) is 16.8 Å². The van der Waals surface area contributed by atoms with Crippen molar-refractivity contribution in [3.8, 4) is 22.4 Å². The molecule has 0 aliphatic carbocycles. The van der Waals surface area contributed by atoms with Crippen molar-refractivity contribution in [2.75, 3.05) is 0 Å². The van der Waals surface area contributed by atoms with E-state index in [1.165, 1.54) is 33.5 Å². The number of nitrogens with zero attached hydrogens (tertiary/aromatic N) is 2. The van der Waals surface area contributed by atoms with Gasteiger partial charge in [-0.25, -0.2) is 0 Å². The normalized spacial score (nSPS) is 12.1. The Balaban J connectivity index is 1.93. The van der Waals surface area contributed by atoms with Gasteiger partial charge < -0.3 is 0 Å². The van der Waals surface area contributed by atoms with Gasteiger partial charge in [-0.2, -0.15) is 4.57 Å². The maximum Gasteiger partial charge on any atom is 0.215 e. The van der Waals surface area contributed by atoms with Crippen molar-refractivity contribution >= 4 is 0 Å². The predicted octanol–water partition coefficient (Wildman–Crippen LogP) is 3.68. The Labute approximate surface area is 124 Å². The number of hydrogen-bond donors (Lipinski definition) is 0. The first-order valence-corrected chi connectivity index (χ1v) is 7.28. The van der Waals surface area contributed by atoms with Gasteiger partial charge in [0.2, 0.25) is 5.69 Å². The maximum absolute atomic E-state index is 4.46. The Hall–Kier alpha value is -2.48. The van der Waals surface area contributed by atoms with E-state index in [0.29, 0.717) is 0 Å². The monoisotopic (exact) mass is 273 g/mol. The molecule has 0 saturated heterocycles. The molecule has 21 heavy (non-hydrogen) atoms. The first-order valence-electron chi connectivity index (χ1n) is 7.28. The Morgan fingerprint density at radius 3 is 2.76 bits per heavy atom. The molecule has 2 nitrogen and oxygen atoms in total. The van der Waals surface area contributed by atoms with Gasteiger partial charge in [0, 0.05) is 23.9 Å². The molecule has 0 amide bonds. The Bertz CT molecular complexity index is 850. The molecule has 2 heteroatoms. The minimum atomic E-state index is 0.947. The van der Waals surface area contributed by atoms with E-state index >= 15 is 0 Å². The van der Waals surface area contributed by atoms with Gasteiger partial charge in [-0.3, -0.25) is 4.98 Å². The van der Waals surface area contributed by atoms with Gasteiger partial charge in [-0.05, 0) is 36.6 Å². The van der Waals surface area contributed by atoms with Gasteiger partial charge in [-0.15, -0.1) is 0 Å². The highest BCUT2D eigenvalue weighted by Gasteiger charge is 2.28. The highest BCUT2D eigenvalue weighted by Crippen LogP contribution is 2.32. The third-order valence-corrected chi connectivity index (χ3v) is 4.32. The van der Waals surface area contributed by atoms with Crippen molar-refractivity contribution in [2.45, 2.75) is 20.4 Å². The number of hydrogen-bond acceptors (Lipinski definition) is 1. The molecule has 0 saturated carbocycles. The van der Waals surface area contributed by atoms with Crippen molar-refractivity contribution in [2.24, 2.45) is 0 Å². The summed E-state index contributed by atoms with van der Waals surface area (Å²) >= 11 is 0. The molecule has 4 rings (SSSR count). The zero-order chi connectivity index (χ0) is 14.4. The van der Waals surface area contributed by atoms with Crippen molar-refractivity contribution in [3.63, 3.8) is 0 Å². The third-order valence-electron chi connectivity index (χ3n) is 4.32. The largest absolute Gasteiger partial charge is 0.261 e. The number of rotatable bonds is 1. The minimum Gasteiger partial charge on any atom is -0.261 e. The van der Waals surface area contributed by atoms with Crippen molar-refractivity contribution in [1.29, 1.82) is 0 Å². The Morgan fingerprint density at radius 2 is 1.90 bits per heavy atom. The summed E-state index contributed by atoms with van der Waals surface area (Å²) in [5.74, 6) is 0. The molecule has 1 aromatic carbocycles. The number of pyridine rings is 2. The van der Waals surface area contributed by atoms with Gasteiger partial charge in [0.25, 0.3) is 0 Å². The van der Waals surface area contributed by atoms with E-state index in [4.69, 9.17) is 0 Å². The number of benzene rings is 1. The van der Waals surface area contributed by atoms with Crippen LogP contribution in [0.3, 0.4) is 0 Å². The van der Waals surface area contributed by atoms with E-state index in [9.17, 15) is 0 Å². The van der Waals surface area contributed by atoms with E-state index in [-0.39, 0.29) is 0 Å². The molecule has 1 aliphatic heterocycles. The van der Waals surface area contributed by atoms with Crippen LogP contribution in [-0.4, -0.2) is 4.98 Å². The number of fused-ring (bicyclic) bond motifs is 3. The third kappa shape index (κ3) is 1.87. The fourth-order valence-corrected chi connectivity index (χ4v) is 3.23. The quantitative estimate of drug-likeness (QED) is 0.483. The van der Waals surface area contributed by atoms with Crippen LogP contribution in [-0.2, 0) is 6.54 Å². The van der Waals surface area contributed by atoms with Crippen molar-refractivity contribution < 1.29 is 4.57 Å². The predicted molar refractivity (Wildman–Crippen MR) is 83.9 cm³/mol. The molecule has 0 radical (unpaired) electrons. The van der Waals surface area contributed by atoms with Gasteiger partial charge in [0.15, 0.2) is 12.7 Å². The standard InChI is InChI=1S/C19H17N2/c1-13-5-3-4-6-17(13)15-8-10-21-12-16-7-9-20-14(2)19(16)18(21)11-15/h3-11H,12H2,1-2H3/q+1. The van der Waals surface area contributed by atoms with Gasteiger partial charge in [0.05, 0.1) is 11.3 Å². The maximum atomic E-state index is 4.46. The summed E-state index contributed by atoms with van der Waals surface area (Å²) in [6.45, 7) is 5.20. The Morgan fingerprint density at radius 1 is 1.05 bits per heavy atom. The van der Waals surface area contributed by atoms with E-state index in [1.807, 2.05) is 6.20 Å². The lowest BCUT2D eigenvalue weighted by atomic mass is 9.99. The van der Waals surface area contributed by atoms with E-state index in [1.54, 1.807) is 0 Å². The minimum absolute atomic E-state index is 0.947. The summed E-state index contributed by atoms with van der Waals surface area (Å²) in [5, 5.41) is 0. The summed E-state index contributed by atoms with van der Waals surface area (Å²) in [7, 11) is 0. The average Bonchev–Trinajstić information content (AvgIpc) is 2.86. The summed E-state index contributed by atoms with van der Waals surface area (Å²) in [6, 6.07) is 15.2. The highest BCUT2D eigenvalue weighted by molar-refractivity contribution is 5.73. The highest BCUT2D eigenvalue weighted by atomic mass is 15.0. The van der Waals surface area contributed by atoms with Crippen LogP contribution in [0, 0.1) is 13.8 Å². The molecular formula is C19H17N2+. The molecule has 3 heterocycles. The molecule has 0 spiro atoms. The molecule has 3 aromatic rings. The van der Waals surface area contributed by atoms with Crippen LogP contribution < -0.4 is 4.57 Å². The second kappa shape index (κ2) is 4.52. The molecule has 0 bridgehead atoms. The van der Waals surface area contributed by atoms with Crippen molar-refractivity contribution in [1.82, 2.24) is 4.98 Å². The van der Waals surface area contributed by atoms with Gasteiger partial charge >= 0.3 is 0 Å². The molecular weight excluding hydrogens is 256 g/mol. The lowest BCUT2D eigenvalue weighted by molar-refractivity contribution is -0.672. The zero-order valence-corrected chi connectivity index (χ0v) is 12.3. The number of aromatic nitrogens is 2. The smallest absolute Gasteiger partial charge is 0.215 e. The summed E-state index contributed by atoms with van der Waals surface area (Å²) in [6.07, 6.45) is 4.10. The SMILES string of the molecule is Cc1ccccc1-c1cc[n+]2c(c1)-c1c(ccnc1C)C2. The number of aryl methyl sites for hydroxylation is 2. The molecule has 1 aliphatic rings. The fraction of sp³-hybridized carbons (Fsp3) is 0.158. The van der Waals surface area contributed by atoms with Crippen LogP contribution in [0.1, 0.15) is 16.8 Å². The van der Waals surface area contributed by atoms with Crippen LogP contribution in [0.25, 0.3) is 22.4 Å². The lowest BCUT2D eigenvalue weighted by Crippen LogP contribution is -2.31. The fourth-order valence-electron chi connectivity index (χ4n) is 3.23. The van der Waals surface area contributed by atoms with Crippen LogP contribution >= 0.6 is 0 Å². The van der Waals surface area contributed by atoms with E-state index < -0.39 is 0 Å². The Kier molecular flexibility index (Phi) is 2.64. The zero-order valence-electron chi connectivity index (χ0n) is 12.3. The summed E-state index contributed by atoms with van der Waals surface area (Å²) in [5.41, 5.74) is 8.93. The molecule has 2 aromatic heterocycles. The average molecular weight is 273 g/mol. The van der Waals surface area contributed by atoms with Crippen LogP contribution in [0.5, 0.6) is 0 Å². The van der Waals surface area contributed by atoms with Crippen LogP contribution in [0.2, 0.25) is 0 Å². The van der Waals surface area contributed by atoms with E-state index in [2.05, 4.69) is 72.1 Å². The lowest BCUT2D eigenvalue weighted by Gasteiger charge is -2.06. The molecule has 0 N–H and O–H groups in total. The summed E-state index contributed by atoms with van der Waals surface area (Å²) < 4.78 is 2.31. The van der Waals surface area contributed by atoms with Crippen LogP contribution in [0.15, 0.2) is 54.9 Å². The molecule has 102 valence electrons. The van der Waals surface area contributed by atoms with Crippen molar-refractivity contribution in [3.05, 3.63) is 71.7 Å². The second-order valence-corrected chi connectivity index (χ2v) is 5.67. The first-order chi connectivity index (χ1) is 10.2. The molecule has 0 fully saturated rings. The van der Waals surface area contributed by atoms with Gasteiger partial charge in [0.1, 0.15) is 0 Å². The first kappa shape index (κ1) is 12.3. The molecule has 0 atom stereocenters. The van der Waals surface area contributed by atoms with Gasteiger partial charge in [-0.1, -0.05) is 24.3 Å².